The zero-order valence-corrected chi connectivity index (χ0v) is 16.0. The molecule has 0 aliphatic rings. The van der Waals surface area contributed by atoms with Gasteiger partial charge in [-0.05, 0) is 19.3 Å². The first-order valence-electron chi connectivity index (χ1n) is 9.84. The van der Waals surface area contributed by atoms with E-state index in [4.69, 9.17) is 21.7 Å². The first-order chi connectivity index (χ1) is 11.9. The third-order valence-electron chi connectivity index (χ3n) is 3.92. The Hall–Kier alpha value is -1.14. The van der Waals surface area contributed by atoms with Gasteiger partial charge in [0.25, 0.3) is 0 Å². The summed E-state index contributed by atoms with van der Waals surface area (Å²) in [6, 6.07) is 0. The van der Waals surface area contributed by atoms with Crippen LogP contribution in [0.3, 0.4) is 0 Å². The number of carbonyl (C=O) groups is 2. The molecule has 0 bridgehead atoms. The molecule has 0 saturated carbocycles. The van der Waals surface area contributed by atoms with E-state index in [0.29, 0.717) is 12.8 Å². The van der Waals surface area contributed by atoms with Gasteiger partial charge in [-0.2, -0.15) is 0 Å². The van der Waals surface area contributed by atoms with Crippen LogP contribution in [0.25, 0.3) is 0 Å². The molecule has 25 heavy (non-hydrogen) atoms. The highest BCUT2D eigenvalue weighted by atomic mass is 16.4. The Balaban J connectivity index is 0. The van der Waals surface area contributed by atoms with Crippen molar-refractivity contribution in [3.8, 4) is 0 Å². The first-order valence-corrected chi connectivity index (χ1v) is 9.84. The van der Waals surface area contributed by atoms with Crippen LogP contribution in [0.1, 0.15) is 103 Å². The molecule has 0 aliphatic carbocycles. The summed E-state index contributed by atoms with van der Waals surface area (Å²) in [7, 11) is 0. The summed E-state index contributed by atoms with van der Waals surface area (Å²) < 4.78 is 0. The lowest BCUT2D eigenvalue weighted by atomic mass is 10.1. The van der Waals surface area contributed by atoms with Gasteiger partial charge < -0.3 is 21.7 Å². The zero-order valence-electron chi connectivity index (χ0n) is 16.0. The van der Waals surface area contributed by atoms with Crippen LogP contribution in [-0.2, 0) is 9.59 Å². The van der Waals surface area contributed by atoms with E-state index >= 15 is 0 Å². The molecular weight excluding hydrogens is 320 g/mol. The molecule has 0 amide bonds. The highest BCUT2D eigenvalue weighted by Crippen LogP contribution is 2.08. The fourth-order valence-electron chi connectivity index (χ4n) is 2.42. The maximum absolute atomic E-state index is 10.1. The Morgan fingerprint density at radius 2 is 1.04 bits per heavy atom. The molecular formula is C19H40N2O4. The number of hydrogen-bond acceptors (Lipinski definition) is 4. The fraction of sp³-hybridized carbons (Fsp3) is 0.895. The van der Waals surface area contributed by atoms with Crippen LogP contribution in [-0.4, -0.2) is 28.3 Å². The van der Waals surface area contributed by atoms with Crippen molar-refractivity contribution in [2.75, 3.05) is 0 Å². The van der Waals surface area contributed by atoms with Crippen molar-refractivity contribution in [1.82, 2.24) is 0 Å². The van der Waals surface area contributed by atoms with Crippen molar-refractivity contribution in [2.24, 2.45) is 11.5 Å². The summed E-state index contributed by atoms with van der Waals surface area (Å²) in [4.78, 5) is 20.2. The fourth-order valence-corrected chi connectivity index (χ4v) is 2.42. The van der Waals surface area contributed by atoms with Gasteiger partial charge in [0.05, 0.1) is 6.17 Å². The molecule has 0 radical (unpaired) electrons. The van der Waals surface area contributed by atoms with E-state index in [1.807, 2.05) is 0 Å². The van der Waals surface area contributed by atoms with Crippen molar-refractivity contribution in [3.63, 3.8) is 0 Å². The standard InChI is InChI=1S/C10H24N2.C9H16O4/c1-2-3-4-5-6-7-8-9-10(11)12;10-8(11)6-4-2-1-3-5-7-9(12)13/h10H,2-9,11-12H2,1H3;1-7H2,(H,10,11)(H,12,13). The highest BCUT2D eigenvalue weighted by molar-refractivity contribution is 5.66. The predicted octanol–water partition coefficient (Wildman–Crippen LogP) is 4.26. The molecule has 0 rings (SSSR count). The summed E-state index contributed by atoms with van der Waals surface area (Å²) >= 11 is 0. The van der Waals surface area contributed by atoms with Crippen LogP contribution >= 0.6 is 0 Å². The highest BCUT2D eigenvalue weighted by Gasteiger charge is 1.98. The van der Waals surface area contributed by atoms with Crippen molar-refractivity contribution in [3.05, 3.63) is 0 Å². The number of unbranched alkanes of at least 4 members (excludes halogenated alkanes) is 10. The minimum atomic E-state index is -0.759. The van der Waals surface area contributed by atoms with Gasteiger partial charge in [0.1, 0.15) is 0 Å². The molecule has 6 nitrogen and oxygen atoms in total. The van der Waals surface area contributed by atoms with E-state index in [2.05, 4.69) is 6.92 Å². The number of nitrogens with two attached hydrogens (primary N) is 2. The average Bonchev–Trinajstić information content (AvgIpc) is 2.53. The molecule has 0 saturated heterocycles. The number of aliphatic carboxylic acids is 2. The van der Waals surface area contributed by atoms with Gasteiger partial charge in [-0.25, -0.2) is 0 Å². The normalized spacial score (nSPS) is 10.4. The molecule has 0 aromatic heterocycles. The summed E-state index contributed by atoms with van der Waals surface area (Å²) in [6.45, 7) is 2.24. The lowest BCUT2D eigenvalue weighted by molar-refractivity contribution is -0.138. The summed E-state index contributed by atoms with van der Waals surface area (Å²) in [6.07, 6.45) is 14.8. The Kier molecular flexibility index (Phi) is 21.8. The second-order valence-electron chi connectivity index (χ2n) is 6.63. The minimum Gasteiger partial charge on any atom is -0.481 e. The van der Waals surface area contributed by atoms with Gasteiger partial charge in [0.2, 0.25) is 0 Å². The Morgan fingerprint density at radius 1 is 0.680 bits per heavy atom. The third-order valence-corrected chi connectivity index (χ3v) is 3.92. The maximum atomic E-state index is 10.1. The van der Waals surface area contributed by atoms with Crippen LogP contribution in [0.2, 0.25) is 0 Å². The lowest BCUT2D eigenvalue weighted by Gasteiger charge is -2.04. The molecule has 0 atom stereocenters. The van der Waals surface area contributed by atoms with E-state index in [9.17, 15) is 9.59 Å². The van der Waals surface area contributed by atoms with Crippen molar-refractivity contribution < 1.29 is 19.8 Å². The Bertz CT molecular complexity index is 292. The van der Waals surface area contributed by atoms with Crippen LogP contribution < -0.4 is 11.5 Å². The number of rotatable bonds is 16. The molecule has 6 N–H and O–H groups in total. The van der Waals surface area contributed by atoms with Crippen molar-refractivity contribution in [1.29, 1.82) is 0 Å². The van der Waals surface area contributed by atoms with Gasteiger partial charge in [-0.1, -0.05) is 71.1 Å². The van der Waals surface area contributed by atoms with Gasteiger partial charge in [0, 0.05) is 12.8 Å². The summed E-state index contributed by atoms with van der Waals surface area (Å²) in [5.41, 5.74) is 10.9. The third kappa shape index (κ3) is 31.2. The molecule has 6 heteroatoms. The number of hydrogen-bond donors (Lipinski definition) is 4. The van der Waals surface area contributed by atoms with E-state index in [-0.39, 0.29) is 19.0 Å². The van der Waals surface area contributed by atoms with Crippen molar-refractivity contribution >= 4 is 11.9 Å². The zero-order chi connectivity index (χ0) is 19.3. The van der Waals surface area contributed by atoms with Gasteiger partial charge in [0.15, 0.2) is 0 Å². The molecule has 0 spiro atoms. The van der Waals surface area contributed by atoms with E-state index in [1.54, 1.807) is 0 Å². The van der Waals surface area contributed by atoms with E-state index in [0.717, 1.165) is 25.7 Å². The van der Waals surface area contributed by atoms with Crippen LogP contribution in [0, 0.1) is 0 Å². The molecule has 0 fully saturated rings. The number of carboxylic acid groups (broad SMARTS) is 2. The van der Waals surface area contributed by atoms with E-state index < -0.39 is 11.9 Å². The second-order valence-corrected chi connectivity index (χ2v) is 6.63. The average molecular weight is 361 g/mol. The first kappa shape index (κ1) is 26.1. The Morgan fingerprint density at radius 3 is 1.40 bits per heavy atom. The molecule has 0 aromatic carbocycles. The monoisotopic (exact) mass is 360 g/mol. The van der Waals surface area contributed by atoms with Gasteiger partial charge >= 0.3 is 11.9 Å². The predicted molar refractivity (Wildman–Crippen MR) is 102 cm³/mol. The SMILES string of the molecule is CCCCCCCCCC(N)N.O=C(O)CCCCCCCC(=O)O. The molecule has 150 valence electrons. The lowest BCUT2D eigenvalue weighted by Crippen LogP contribution is -2.29. The molecule has 0 heterocycles. The molecule has 0 aromatic rings. The van der Waals surface area contributed by atoms with Crippen LogP contribution in [0.4, 0.5) is 0 Å². The minimum absolute atomic E-state index is 0.0966. The van der Waals surface area contributed by atoms with Gasteiger partial charge in [-0.3, -0.25) is 9.59 Å². The largest absolute Gasteiger partial charge is 0.481 e. The quantitative estimate of drug-likeness (QED) is 0.241. The topological polar surface area (TPSA) is 127 Å². The second kappa shape index (κ2) is 20.9. The Labute approximate surface area is 153 Å². The molecule has 0 aliphatic heterocycles. The maximum Gasteiger partial charge on any atom is 0.303 e. The molecule has 0 unspecified atom stereocenters. The van der Waals surface area contributed by atoms with E-state index in [1.165, 1.54) is 44.9 Å². The summed E-state index contributed by atoms with van der Waals surface area (Å²) in [5.74, 6) is -1.52. The van der Waals surface area contributed by atoms with Crippen molar-refractivity contribution in [2.45, 2.75) is 109 Å². The van der Waals surface area contributed by atoms with Crippen LogP contribution in [0.15, 0.2) is 0 Å². The van der Waals surface area contributed by atoms with Crippen LogP contribution in [0.5, 0.6) is 0 Å². The van der Waals surface area contributed by atoms with Gasteiger partial charge in [-0.15, -0.1) is 0 Å². The summed E-state index contributed by atoms with van der Waals surface area (Å²) in [5, 5.41) is 16.6. The number of carboxylic acids is 2. The smallest absolute Gasteiger partial charge is 0.303 e.